The van der Waals surface area contributed by atoms with E-state index in [9.17, 15) is 22.8 Å². The second-order valence-electron chi connectivity index (χ2n) is 5.29. The molecule has 0 spiro atoms. The van der Waals surface area contributed by atoms with Crippen LogP contribution in [0.4, 0.5) is 13.2 Å². The molecule has 0 radical (unpaired) electrons. The molecule has 2 aromatic rings. The lowest BCUT2D eigenvalue weighted by atomic mass is 9.92. The summed E-state index contributed by atoms with van der Waals surface area (Å²) in [6.45, 7) is 1.68. The van der Waals surface area contributed by atoms with Crippen LogP contribution in [-0.2, 0) is 15.9 Å². The summed E-state index contributed by atoms with van der Waals surface area (Å²) >= 11 is 0. The Kier molecular flexibility index (Phi) is 3.19. The number of imide groups is 1. The van der Waals surface area contributed by atoms with Crippen molar-refractivity contribution in [1.82, 2.24) is 15.1 Å². The first-order valence-corrected chi connectivity index (χ1v) is 6.67. The number of carbonyl (C=O) groups excluding carboxylic acids is 2. The van der Waals surface area contributed by atoms with Gasteiger partial charge in [-0.3, -0.25) is 14.9 Å². The second-order valence-corrected chi connectivity index (χ2v) is 5.29. The van der Waals surface area contributed by atoms with Crippen molar-refractivity contribution in [2.75, 3.05) is 0 Å². The maximum absolute atomic E-state index is 13.1. The molecule has 1 aromatic heterocycles. The zero-order chi connectivity index (χ0) is 16.1. The molecule has 1 atom stereocenters. The minimum absolute atomic E-state index is 0.0195. The summed E-state index contributed by atoms with van der Waals surface area (Å²) in [5.74, 6) is -1.88. The number of aryl methyl sites for hydroxylation is 1. The van der Waals surface area contributed by atoms with Crippen LogP contribution in [0.25, 0.3) is 10.9 Å². The number of benzene rings is 1. The topological polar surface area (TPSA) is 64.0 Å². The van der Waals surface area contributed by atoms with Gasteiger partial charge in [-0.15, -0.1) is 13.2 Å². The van der Waals surface area contributed by atoms with E-state index in [1.165, 1.54) is 12.1 Å². The molecule has 3 rings (SSSR count). The third-order valence-electron chi connectivity index (χ3n) is 3.67. The van der Waals surface area contributed by atoms with Crippen molar-refractivity contribution >= 4 is 22.7 Å². The zero-order valence-electron chi connectivity index (χ0n) is 11.6. The number of piperidine rings is 1. The number of rotatable bonds is 1. The number of carbonyl (C=O) groups is 2. The first-order chi connectivity index (χ1) is 10.3. The van der Waals surface area contributed by atoms with Gasteiger partial charge in [0.25, 0.3) is 0 Å². The van der Waals surface area contributed by atoms with Crippen LogP contribution in [0.1, 0.15) is 30.0 Å². The summed E-state index contributed by atoms with van der Waals surface area (Å²) in [4.78, 5) is 23.1. The summed E-state index contributed by atoms with van der Waals surface area (Å²) in [6, 6.07) is 4.57. The van der Waals surface area contributed by atoms with Crippen molar-refractivity contribution in [3.8, 4) is 0 Å². The molecule has 116 valence electrons. The Morgan fingerprint density at radius 1 is 1.32 bits per heavy atom. The molecule has 0 bridgehead atoms. The average Bonchev–Trinajstić information content (AvgIpc) is 2.77. The Balaban J connectivity index is 2.18. The summed E-state index contributed by atoms with van der Waals surface area (Å²) in [6.07, 6.45) is -4.43. The van der Waals surface area contributed by atoms with Crippen LogP contribution in [0.15, 0.2) is 18.2 Å². The molecular weight excluding hydrogens is 299 g/mol. The minimum atomic E-state index is -4.68. The van der Waals surface area contributed by atoms with Gasteiger partial charge in [0.2, 0.25) is 11.8 Å². The number of amides is 2. The lowest BCUT2D eigenvalue weighted by Crippen LogP contribution is -2.39. The highest BCUT2D eigenvalue weighted by molar-refractivity contribution is 6.02. The molecule has 0 aliphatic carbocycles. The molecular formula is C14H12F3N3O2. The van der Waals surface area contributed by atoms with Gasteiger partial charge in [0.15, 0.2) is 0 Å². The van der Waals surface area contributed by atoms with Crippen molar-refractivity contribution in [2.45, 2.75) is 32.0 Å². The van der Waals surface area contributed by atoms with Gasteiger partial charge in [-0.05, 0) is 25.0 Å². The van der Waals surface area contributed by atoms with Gasteiger partial charge >= 0.3 is 6.30 Å². The van der Waals surface area contributed by atoms with Gasteiger partial charge in [0.1, 0.15) is 0 Å². The third kappa shape index (κ3) is 2.34. The van der Waals surface area contributed by atoms with E-state index in [1.807, 2.05) is 0 Å². The summed E-state index contributed by atoms with van der Waals surface area (Å²) < 4.78 is 39.4. The zero-order valence-corrected chi connectivity index (χ0v) is 11.6. The summed E-state index contributed by atoms with van der Waals surface area (Å²) in [7, 11) is 0. The predicted molar refractivity (Wildman–Crippen MR) is 70.9 cm³/mol. The Morgan fingerprint density at radius 2 is 2.05 bits per heavy atom. The fraction of sp³-hybridized carbons (Fsp3) is 0.357. The molecule has 22 heavy (non-hydrogen) atoms. The second kappa shape index (κ2) is 4.82. The van der Waals surface area contributed by atoms with Crippen molar-refractivity contribution in [3.63, 3.8) is 0 Å². The number of nitrogens with one attached hydrogen (secondary N) is 1. The van der Waals surface area contributed by atoms with Crippen LogP contribution in [0.3, 0.4) is 0 Å². The molecule has 2 heterocycles. The number of alkyl halides is 3. The van der Waals surface area contributed by atoms with Crippen LogP contribution < -0.4 is 5.32 Å². The maximum Gasteiger partial charge on any atom is 0.505 e. The number of fused-ring (bicyclic) bond motifs is 1. The van der Waals surface area contributed by atoms with Crippen molar-refractivity contribution < 1.29 is 22.8 Å². The van der Waals surface area contributed by atoms with Gasteiger partial charge in [0.05, 0.1) is 17.1 Å². The Hall–Kier alpha value is -2.38. The standard InChI is InChI=1S/C14H12F3N3O2/c1-7-2-3-8-10(6-7)20(14(15,16)17)19-12(8)9-4-5-11(21)18-13(9)22/h2-3,6,9H,4-5H2,1H3,(H,18,21,22). The molecule has 1 unspecified atom stereocenters. The minimum Gasteiger partial charge on any atom is -0.296 e. The molecule has 1 aliphatic rings. The normalized spacial score (nSPS) is 19.5. The summed E-state index contributed by atoms with van der Waals surface area (Å²) in [5.41, 5.74) is 0.622. The first kappa shape index (κ1) is 14.6. The maximum atomic E-state index is 13.1. The summed E-state index contributed by atoms with van der Waals surface area (Å²) in [5, 5.41) is 6.04. The fourth-order valence-corrected chi connectivity index (χ4v) is 2.65. The molecule has 8 heteroatoms. The average molecular weight is 311 g/mol. The molecule has 1 fully saturated rings. The van der Waals surface area contributed by atoms with Crippen LogP contribution in [-0.4, -0.2) is 21.6 Å². The molecule has 1 aromatic carbocycles. The van der Waals surface area contributed by atoms with Gasteiger partial charge in [-0.25, -0.2) is 0 Å². The molecule has 1 N–H and O–H groups in total. The van der Waals surface area contributed by atoms with Crippen molar-refractivity contribution in [1.29, 1.82) is 0 Å². The monoisotopic (exact) mass is 311 g/mol. The van der Waals surface area contributed by atoms with Gasteiger partial charge in [-0.2, -0.15) is 9.78 Å². The number of halogens is 3. The van der Waals surface area contributed by atoms with E-state index in [2.05, 4.69) is 10.4 Å². The van der Waals surface area contributed by atoms with Crippen molar-refractivity contribution in [2.24, 2.45) is 0 Å². The third-order valence-corrected chi connectivity index (χ3v) is 3.67. The van der Waals surface area contributed by atoms with E-state index in [-0.39, 0.29) is 34.1 Å². The highest BCUT2D eigenvalue weighted by atomic mass is 19.4. The van der Waals surface area contributed by atoms with Gasteiger partial charge < -0.3 is 0 Å². The molecule has 1 saturated heterocycles. The molecule has 5 nitrogen and oxygen atoms in total. The van der Waals surface area contributed by atoms with E-state index in [0.717, 1.165) is 0 Å². The van der Waals surface area contributed by atoms with Crippen LogP contribution in [0.2, 0.25) is 0 Å². The van der Waals surface area contributed by atoms with Crippen LogP contribution >= 0.6 is 0 Å². The van der Waals surface area contributed by atoms with Crippen molar-refractivity contribution in [3.05, 3.63) is 29.5 Å². The van der Waals surface area contributed by atoms with Gasteiger partial charge in [-0.1, -0.05) is 12.1 Å². The predicted octanol–water partition coefficient (Wildman–Crippen LogP) is 2.34. The number of hydrogen-bond acceptors (Lipinski definition) is 3. The van der Waals surface area contributed by atoms with E-state index >= 15 is 0 Å². The SMILES string of the molecule is Cc1ccc2c(C3CCC(=O)NC3=O)nn(C(F)(F)F)c2c1. The Bertz CT molecular complexity index is 779. The fourth-order valence-electron chi connectivity index (χ4n) is 2.65. The largest absolute Gasteiger partial charge is 0.505 e. The molecule has 1 aliphatic heterocycles. The number of aromatic nitrogens is 2. The Morgan fingerprint density at radius 3 is 2.68 bits per heavy atom. The highest BCUT2D eigenvalue weighted by Crippen LogP contribution is 2.34. The van der Waals surface area contributed by atoms with Crippen LogP contribution in [0, 0.1) is 6.92 Å². The van der Waals surface area contributed by atoms with Crippen LogP contribution in [0.5, 0.6) is 0 Å². The quantitative estimate of drug-likeness (QED) is 0.822. The highest BCUT2D eigenvalue weighted by Gasteiger charge is 2.38. The first-order valence-electron chi connectivity index (χ1n) is 6.67. The smallest absolute Gasteiger partial charge is 0.296 e. The van der Waals surface area contributed by atoms with E-state index < -0.39 is 24.0 Å². The van der Waals surface area contributed by atoms with E-state index in [0.29, 0.717) is 5.56 Å². The lowest BCUT2D eigenvalue weighted by molar-refractivity contribution is -0.209. The molecule has 2 amide bonds. The lowest BCUT2D eigenvalue weighted by Gasteiger charge is -2.19. The van der Waals surface area contributed by atoms with E-state index in [4.69, 9.17) is 0 Å². The molecule has 0 saturated carbocycles. The van der Waals surface area contributed by atoms with Gasteiger partial charge in [0, 0.05) is 11.8 Å². The Labute approximate surface area is 123 Å². The number of nitrogens with zero attached hydrogens (tertiary/aromatic N) is 2. The number of hydrogen-bond donors (Lipinski definition) is 1. The van der Waals surface area contributed by atoms with E-state index in [1.54, 1.807) is 13.0 Å².